The Bertz CT molecular complexity index is 737. The van der Waals surface area contributed by atoms with Crippen LogP contribution in [0.1, 0.15) is 22.3 Å². The van der Waals surface area contributed by atoms with Crippen molar-refractivity contribution in [2.75, 3.05) is 19.8 Å². The van der Waals surface area contributed by atoms with Crippen LogP contribution < -0.4 is 10.1 Å². The summed E-state index contributed by atoms with van der Waals surface area (Å²) in [6, 6.07) is 17.2. The van der Waals surface area contributed by atoms with Crippen molar-refractivity contribution in [3.63, 3.8) is 0 Å². The minimum atomic E-state index is -0.137. The number of carbonyl (C=O) groups excluding carboxylic acids is 1. The van der Waals surface area contributed by atoms with Crippen LogP contribution in [0.5, 0.6) is 5.75 Å². The fourth-order valence-corrected chi connectivity index (χ4v) is 3.53. The summed E-state index contributed by atoms with van der Waals surface area (Å²) in [6.45, 7) is 2.40. The summed E-state index contributed by atoms with van der Waals surface area (Å²) in [6.07, 6.45) is 1.22. The smallest absolute Gasteiger partial charge is 0.255 e. The number of hydrogen-bond donors (Lipinski definition) is 1. The lowest BCUT2D eigenvalue weighted by atomic mass is 10.0. The molecule has 0 unspecified atom stereocenters. The first-order valence-corrected chi connectivity index (χ1v) is 9.07. The number of benzene rings is 2. The molecule has 136 valence electrons. The van der Waals surface area contributed by atoms with E-state index in [1.807, 2.05) is 48.5 Å². The monoisotopic (exact) mass is 353 g/mol. The number of ether oxygens (including phenoxy) is 3. The van der Waals surface area contributed by atoms with E-state index < -0.39 is 0 Å². The van der Waals surface area contributed by atoms with E-state index in [0.717, 1.165) is 18.6 Å². The summed E-state index contributed by atoms with van der Waals surface area (Å²) in [5.74, 6) is 0.935. The highest BCUT2D eigenvalue weighted by Gasteiger charge is 2.39. The molecule has 0 spiro atoms. The predicted molar refractivity (Wildman–Crippen MR) is 97.1 cm³/mol. The van der Waals surface area contributed by atoms with Crippen molar-refractivity contribution in [3.05, 3.63) is 65.7 Å². The molecule has 0 saturated carbocycles. The zero-order chi connectivity index (χ0) is 17.8. The van der Waals surface area contributed by atoms with Gasteiger partial charge >= 0.3 is 0 Å². The molecule has 26 heavy (non-hydrogen) atoms. The van der Waals surface area contributed by atoms with Gasteiger partial charge in [0.15, 0.2) is 0 Å². The van der Waals surface area contributed by atoms with Gasteiger partial charge in [-0.15, -0.1) is 0 Å². The van der Waals surface area contributed by atoms with Crippen LogP contribution in [0.25, 0.3) is 0 Å². The Balaban J connectivity index is 1.34. The predicted octanol–water partition coefficient (Wildman–Crippen LogP) is 2.80. The Hall–Kier alpha value is -2.37. The third-order valence-corrected chi connectivity index (χ3v) is 4.93. The summed E-state index contributed by atoms with van der Waals surface area (Å²) < 4.78 is 17.3. The lowest BCUT2D eigenvalue weighted by Crippen LogP contribution is -2.25. The van der Waals surface area contributed by atoms with Crippen LogP contribution in [-0.2, 0) is 16.0 Å². The molecule has 2 saturated heterocycles. The topological polar surface area (TPSA) is 56.8 Å². The number of amides is 1. The first kappa shape index (κ1) is 17.1. The van der Waals surface area contributed by atoms with Crippen molar-refractivity contribution >= 4 is 5.91 Å². The number of para-hydroxylation sites is 1. The van der Waals surface area contributed by atoms with E-state index in [1.165, 1.54) is 0 Å². The summed E-state index contributed by atoms with van der Waals surface area (Å²) in [5, 5.41) is 2.95. The maximum Gasteiger partial charge on any atom is 0.255 e. The van der Waals surface area contributed by atoms with E-state index >= 15 is 0 Å². The molecular weight excluding hydrogens is 330 g/mol. The Morgan fingerprint density at radius 1 is 1.08 bits per heavy atom. The van der Waals surface area contributed by atoms with Gasteiger partial charge in [-0.1, -0.05) is 42.5 Å². The molecule has 0 aliphatic carbocycles. The van der Waals surface area contributed by atoms with Crippen molar-refractivity contribution in [2.24, 2.45) is 5.92 Å². The van der Waals surface area contributed by atoms with Crippen LogP contribution in [0, 0.1) is 5.92 Å². The molecule has 2 aromatic carbocycles. The van der Waals surface area contributed by atoms with Gasteiger partial charge in [0.05, 0.1) is 31.0 Å². The highest BCUT2D eigenvalue weighted by Crippen LogP contribution is 2.32. The Labute approximate surface area is 153 Å². The average molecular weight is 353 g/mol. The molecule has 0 aromatic heterocycles. The van der Waals surface area contributed by atoms with E-state index in [-0.39, 0.29) is 18.1 Å². The lowest BCUT2D eigenvalue weighted by molar-refractivity contribution is -0.00116. The van der Waals surface area contributed by atoms with Gasteiger partial charge in [-0.3, -0.25) is 4.79 Å². The standard InChI is InChI=1S/C21H23NO4/c23-21(22-11-15-6-2-1-3-7-15)18-8-4-5-9-19(18)25-13-17-10-16-12-24-14-20(16)26-17/h1-9,16-17,20H,10-14H2,(H,22,23)/t16-,17-,20+/m0/s1. The van der Waals surface area contributed by atoms with Crippen molar-refractivity contribution in [1.29, 1.82) is 0 Å². The second-order valence-electron chi connectivity index (χ2n) is 6.81. The van der Waals surface area contributed by atoms with Crippen molar-refractivity contribution in [1.82, 2.24) is 5.32 Å². The molecule has 2 aliphatic heterocycles. The summed E-state index contributed by atoms with van der Waals surface area (Å²) in [4.78, 5) is 12.6. The average Bonchev–Trinajstić information content (AvgIpc) is 3.27. The second-order valence-corrected chi connectivity index (χ2v) is 6.81. The van der Waals surface area contributed by atoms with Crippen molar-refractivity contribution < 1.29 is 19.0 Å². The maximum atomic E-state index is 12.6. The number of fused-ring (bicyclic) bond motifs is 1. The molecule has 3 atom stereocenters. The first-order chi connectivity index (χ1) is 12.8. The fourth-order valence-electron chi connectivity index (χ4n) is 3.53. The van der Waals surface area contributed by atoms with Gasteiger partial charge in [0, 0.05) is 12.5 Å². The van der Waals surface area contributed by atoms with E-state index in [4.69, 9.17) is 14.2 Å². The van der Waals surface area contributed by atoms with Gasteiger partial charge in [0.2, 0.25) is 0 Å². The van der Waals surface area contributed by atoms with Crippen LogP contribution in [0.15, 0.2) is 54.6 Å². The molecule has 0 radical (unpaired) electrons. The third kappa shape index (κ3) is 3.89. The third-order valence-electron chi connectivity index (χ3n) is 4.93. The van der Waals surface area contributed by atoms with Crippen molar-refractivity contribution in [3.8, 4) is 5.75 Å². The zero-order valence-corrected chi connectivity index (χ0v) is 14.6. The van der Waals surface area contributed by atoms with Gasteiger partial charge in [-0.2, -0.15) is 0 Å². The van der Waals surface area contributed by atoms with Crippen LogP contribution in [0.3, 0.4) is 0 Å². The molecule has 2 heterocycles. The number of nitrogens with one attached hydrogen (secondary N) is 1. The van der Waals surface area contributed by atoms with Crippen LogP contribution >= 0.6 is 0 Å². The molecule has 5 nitrogen and oxygen atoms in total. The number of carbonyl (C=O) groups is 1. The van der Waals surface area contributed by atoms with Gasteiger partial charge in [0.25, 0.3) is 5.91 Å². The molecule has 5 heteroatoms. The normalized spacial score (nSPS) is 24.2. The highest BCUT2D eigenvalue weighted by atomic mass is 16.6. The Morgan fingerprint density at radius 2 is 1.88 bits per heavy atom. The SMILES string of the molecule is O=C(NCc1ccccc1)c1ccccc1OC[C@@H]1C[C@H]2COC[C@H]2O1. The summed E-state index contributed by atoms with van der Waals surface area (Å²) in [7, 11) is 0. The largest absolute Gasteiger partial charge is 0.490 e. The number of hydrogen-bond acceptors (Lipinski definition) is 4. The molecule has 2 aromatic rings. The minimum Gasteiger partial charge on any atom is -0.490 e. The molecule has 2 fully saturated rings. The van der Waals surface area contributed by atoms with Crippen LogP contribution in [0.2, 0.25) is 0 Å². The quantitative estimate of drug-likeness (QED) is 0.868. The summed E-state index contributed by atoms with van der Waals surface area (Å²) in [5.41, 5.74) is 1.61. The second kappa shape index (κ2) is 7.89. The Morgan fingerprint density at radius 3 is 2.73 bits per heavy atom. The van der Waals surface area contributed by atoms with Crippen LogP contribution in [-0.4, -0.2) is 37.9 Å². The van der Waals surface area contributed by atoms with Gasteiger partial charge in [0.1, 0.15) is 12.4 Å². The first-order valence-electron chi connectivity index (χ1n) is 9.07. The van der Waals surface area contributed by atoms with Crippen molar-refractivity contribution in [2.45, 2.75) is 25.2 Å². The van der Waals surface area contributed by atoms with Gasteiger partial charge in [-0.05, 0) is 24.1 Å². The van der Waals surface area contributed by atoms with Gasteiger partial charge < -0.3 is 19.5 Å². The highest BCUT2D eigenvalue weighted by molar-refractivity contribution is 5.96. The molecule has 2 aliphatic rings. The Kier molecular flexibility index (Phi) is 5.18. The summed E-state index contributed by atoms with van der Waals surface area (Å²) >= 11 is 0. The van der Waals surface area contributed by atoms with E-state index in [2.05, 4.69) is 5.32 Å². The van der Waals surface area contributed by atoms with E-state index in [1.54, 1.807) is 6.07 Å². The van der Waals surface area contributed by atoms with Gasteiger partial charge in [-0.25, -0.2) is 0 Å². The minimum absolute atomic E-state index is 0.0642. The maximum absolute atomic E-state index is 12.6. The number of rotatable bonds is 6. The lowest BCUT2D eigenvalue weighted by Gasteiger charge is -2.16. The van der Waals surface area contributed by atoms with E-state index in [9.17, 15) is 4.79 Å². The molecule has 0 bridgehead atoms. The molecular formula is C21H23NO4. The molecule has 1 amide bonds. The van der Waals surface area contributed by atoms with Crippen LogP contribution in [0.4, 0.5) is 0 Å². The van der Waals surface area contributed by atoms with E-state index in [0.29, 0.717) is 37.0 Å². The molecule has 1 N–H and O–H groups in total. The molecule has 4 rings (SSSR count). The fraction of sp³-hybridized carbons (Fsp3) is 0.381. The zero-order valence-electron chi connectivity index (χ0n) is 14.6.